The Labute approximate surface area is 108 Å². The summed E-state index contributed by atoms with van der Waals surface area (Å²) in [5.41, 5.74) is 4.73. The van der Waals surface area contributed by atoms with Gasteiger partial charge in [-0.25, -0.2) is 0 Å². The van der Waals surface area contributed by atoms with Gasteiger partial charge in [0, 0.05) is 13.1 Å². The molecule has 1 fully saturated rings. The molecule has 0 aromatic heterocycles. The van der Waals surface area contributed by atoms with Gasteiger partial charge in [0.25, 0.3) is 0 Å². The van der Waals surface area contributed by atoms with Gasteiger partial charge in [-0.15, -0.1) is 0 Å². The summed E-state index contributed by atoms with van der Waals surface area (Å²) in [5, 5.41) is 2.71. The Morgan fingerprint density at radius 2 is 1.94 bits per heavy atom. The molecule has 3 N–H and O–H groups in total. The average Bonchev–Trinajstić information content (AvgIpc) is 2.34. The number of nitrogens with zero attached hydrogens (tertiary/aromatic N) is 1. The second-order valence-electron chi connectivity index (χ2n) is 5.09. The molecule has 0 saturated carbocycles. The molecule has 1 heterocycles. The molecule has 1 aliphatic heterocycles. The average molecular weight is 257 g/mol. The third kappa shape index (κ3) is 3.96. The van der Waals surface area contributed by atoms with Crippen molar-refractivity contribution in [1.29, 1.82) is 0 Å². The second-order valence-corrected chi connectivity index (χ2v) is 5.09. The summed E-state index contributed by atoms with van der Waals surface area (Å²) in [4.78, 5) is 25.7. The van der Waals surface area contributed by atoms with Crippen LogP contribution in [0.5, 0.6) is 0 Å². The highest BCUT2D eigenvalue weighted by atomic mass is 16.5. The first-order valence-corrected chi connectivity index (χ1v) is 6.32. The Morgan fingerprint density at radius 1 is 1.39 bits per heavy atom. The van der Waals surface area contributed by atoms with Gasteiger partial charge in [0.1, 0.15) is 6.04 Å². The maximum absolute atomic E-state index is 12.2. The highest BCUT2D eigenvalue weighted by Gasteiger charge is 2.29. The monoisotopic (exact) mass is 257 g/mol. The number of amides is 2. The van der Waals surface area contributed by atoms with E-state index >= 15 is 0 Å². The molecule has 0 spiro atoms. The Kier molecular flexibility index (Phi) is 5.10. The van der Waals surface area contributed by atoms with Crippen LogP contribution in [0.25, 0.3) is 0 Å². The van der Waals surface area contributed by atoms with Crippen LogP contribution in [0, 0.1) is 0 Å². The number of morpholine rings is 1. The van der Waals surface area contributed by atoms with Crippen molar-refractivity contribution in [3.8, 4) is 0 Å². The molecule has 1 saturated heterocycles. The number of carbonyl (C=O) groups excluding carboxylic acids is 2. The molecule has 1 unspecified atom stereocenters. The lowest BCUT2D eigenvalue weighted by Gasteiger charge is -2.31. The van der Waals surface area contributed by atoms with Crippen LogP contribution >= 0.6 is 0 Å². The SMILES string of the molecule is CCC(NC(=O)C(C)(C)N)C(=O)N1CCOCC1. The fraction of sp³-hybridized carbons (Fsp3) is 0.833. The zero-order chi connectivity index (χ0) is 13.8. The summed E-state index contributed by atoms with van der Waals surface area (Å²) in [5.74, 6) is -0.366. The lowest BCUT2D eigenvalue weighted by molar-refractivity contribution is -0.140. The summed E-state index contributed by atoms with van der Waals surface area (Å²) in [7, 11) is 0. The zero-order valence-corrected chi connectivity index (χ0v) is 11.4. The fourth-order valence-corrected chi connectivity index (χ4v) is 1.69. The van der Waals surface area contributed by atoms with E-state index in [0.29, 0.717) is 32.7 Å². The van der Waals surface area contributed by atoms with Crippen molar-refractivity contribution < 1.29 is 14.3 Å². The van der Waals surface area contributed by atoms with Crippen molar-refractivity contribution in [2.24, 2.45) is 5.73 Å². The predicted molar refractivity (Wildman–Crippen MR) is 67.9 cm³/mol. The van der Waals surface area contributed by atoms with E-state index in [1.807, 2.05) is 6.92 Å². The summed E-state index contributed by atoms with van der Waals surface area (Å²) < 4.78 is 5.20. The van der Waals surface area contributed by atoms with Crippen LogP contribution in [-0.2, 0) is 14.3 Å². The third-order valence-electron chi connectivity index (χ3n) is 2.92. The zero-order valence-electron chi connectivity index (χ0n) is 11.4. The molecule has 1 rings (SSSR count). The first kappa shape index (κ1) is 14.9. The van der Waals surface area contributed by atoms with Crippen LogP contribution in [0.15, 0.2) is 0 Å². The molecule has 6 heteroatoms. The topological polar surface area (TPSA) is 84.7 Å². The molecule has 0 radical (unpaired) electrons. The minimum absolute atomic E-state index is 0.0570. The molecule has 6 nitrogen and oxygen atoms in total. The molecule has 1 aliphatic rings. The highest BCUT2D eigenvalue weighted by Crippen LogP contribution is 2.05. The smallest absolute Gasteiger partial charge is 0.245 e. The maximum atomic E-state index is 12.2. The predicted octanol–water partition coefficient (Wildman–Crippen LogP) is -0.523. The maximum Gasteiger partial charge on any atom is 0.245 e. The van der Waals surface area contributed by atoms with E-state index in [9.17, 15) is 9.59 Å². The van der Waals surface area contributed by atoms with Crippen LogP contribution in [0.1, 0.15) is 27.2 Å². The molecule has 18 heavy (non-hydrogen) atoms. The molecule has 0 bridgehead atoms. The number of nitrogens with one attached hydrogen (secondary N) is 1. The summed E-state index contributed by atoms with van der Waals surface area (Å²) in [6.07, 6.45) is 0.554. The minimum atomic E-state index is -0.974. The van der Waals surface area contributed by atoms with Crippen molar-refractivity contribution in [3.63, 3.8) is 0 Å². The van der Waals surface area contributed by atoms with Gasteiger partial charge in [0.2, 0.25) is 11.8 Å². The summed E-state index contributed by atoms with van der Waals surface area (Å²) in [6.45, 7) is 7.38. The highest BCUT2D eigenvalue weighted by molar-refractivity contribution is 5.91. The molecule has 0 aromatic rings. The molecular weight excluding hydrogens is 234 g/mol. The van der Waals surface area contributed by atoms with Gasteiger partial charge in [-0.3, -0.25) is 9.59 Å². The van der Waals surface area contributed by atoms with E-state index in [1.54, 1.807) is 18.7 Å². The van der Waals surface area contributed by atoms with Crippen molar-refractivity contribution in [1.82, 2.24) is 10.2 Å². The van der Waals surface area contributed by atoms with Crippen molar-refractivity contribution >= 4 is 11.8 Å². The Balaban J connectivity index is 2.59. The van der Waals surface area contributed by atoms with Gasteiger partial charge in [-0.05, 0) is 20.3 Å². The van der Waals surface area contributed by atoms with E-state index in [1.165, 1.54) is 0 Å². The summed E-state index contributed by atoms with van der Waals surface area (Å²) >= 11 is 0. The first-order valence-electron chi connectivity index (χ1n) is 6.32. The number of hydrogen-bond donors (Lipinski definition) is 2. The lowest BCUT2D eigenvalue weighted by atomic mass is 10.0. The number of nitrogens with two attached hydrogens (primary N) is 1. The van der Waals surface area contributed by atoms with Crippen LogP contribution in [0.2, 0.25) is 0 Å². The lowest BCUT2D eigenvalue weighted by Crippen LogP contribution is -2.57. The van der Waals surface area contributed by atoms with Crippen LogP contribution in [0.3, 0.4) is 0 Å². The van der Waals surface area contributed by atoms with Gasteiger partial charge >= 0.3 is 0 Å². The van der Waals surface area contributed by atoms with Crippen LogP contribution in [-0.4, -0.2) is 54.6 Å². The number of rotatable bonds is 4. The van der Waals surface area contributed by atoms with E-state index in [4.69, 9.17) is 10.5 Å². The van der Waals surface area contributed by atoms with Crippen LogP contribution in [0.4, 0.5) is 0 Å². The van der Waals surface area contributed by atoms with E-state index in [0.717, 1.165) is 0 Å². The standard InChI is InChI=1S/C12H23N3O3/c1-4-9(14-11(17)12(2,3)13)10(16)15-5-7-18-8-6-15/h9H,4-8,13H2,1-3H3,(H,14,17). The molecule has 0 aliphatic carbocycles. The van der Waals surface area contributed by atoms with Gasteiger partial charge < -0.3 is 20.7 Å². The van der Waals surface area contributed by atoms with Crippen molar-refractivity contribution in [2.75, 3.05) is 26.3 Å². The molecule has 104 valence electrons. The van der Waals surface area contributed by atoms with Crippen molar-refractivity contribution in [2.45, 2.75) is 38.8 Å². The fourth-order valence-electron chi connectivity index (χ4n) is 1.69. The van der Waals surface area contributed by atoms with E-state index in [2.05, 4.69) is 5.32 Å². The van der Waals surface area contributed by atoms with Gasteiger partial charge in [-0.1, -0.05) is 6.92 Å². The Morgan fingerprint density at radius 3 is 2.39 bits per heavy atom. The van der Waals surface area contributed by atoms with E-state index < -0.39 is 11.6 Å². The third-order valence-corrected chi connectivity index (χ3v) is 2.92. The molecule has 1 atom stereocenters. The summed E-state index contributed by atoms with van der Waals surface area (Å²) in [6, 6.07) is -0.501. The number of hydrogen-bond acceptors (Lipinski definition) is 4. The second kappa shape index (κ2) is 6.15. The largest absolute Gasteiger partial charge is 0.378 e. The normalized spacial score (nSPS) is 18.3. The number of ether oxygens (including phenoxy) is 1. The van der Waals surface area contributed by atoms with E-state index in [-0.39, 0.29) is 11.8 Å². The quantitative estimate of drug-likeness (QED) is 0.709. The van der Waals surface area contributed by atoms with Crippen LogP contribution < -0.4 is 11.1 Å². The minimum Gasteiger partial charge on any atom is -0.378 e. The van der Waals surface area contributed by atoms with Gasteiger partial charge in [0.15, 0.2) is 0 Å². The molecular formula is C12H23N3O3. The Hall–Kier alpha value is -1.14. The first-order chi connectivity index (χ1) is 8.36. The molecule has 0 aromatic carbocycles. The van der Waals surface area contributed by atoms with Gasteiger partial charge in [-0.2, -0.15) is 0 Å². The Bertz CT molecular complexity index is 306. The number of carbonyl (C=O) groups is 2. The van der Waals surface area contributed by atoms with Crippen molar-refractivity contribution in [3.05, 3.63) is 0 Å². The molecule has 2 amide bonds. The van der Waals surface area contributed by atoms with Gasteiger partial charge in [0.05, 0.1) is 18.8 Å².